The van der Waals surface area contributed by atoms with Gasteiger partial charge in [0.05, 0.1) is 10.7 Å². The summed E-state index contributed by atoms with van der Waals surface area (Å²) in [5.41, 5.74) is 9.25. The van der Waals surface area contributed by atoms with Crippen LogP contribution in [0.5, 0.6) is 0 Å². The highest BCUT2D eigenvalue weighted by Crippen LogP contribution is 2.16. The number of anilines is 1. The zero-order chi connectivity index (χ0) is 13.7. The van der Waals surface area contributed by atoms with Crippen LogP contribution in [-0.2, 0) is 13.1 Å². The summed E-state index contributed by atoms with van der Waals surface area (Å²) in [6, 6.07) is 8.09. The molecule has 2 rings (SSSR count). The van der Waals surface area contributed by atoms with E-state index in [0.29, 0.717) is 0 Å². The third-order valence-electron chi connectivity index (χ3n) is 3.04. The second-order valence-corrected chi connectivity index (χ2v) is 5.83. The molecule has 102 valence electrons. The molecule has 3 nitrogen and oxygen atoms in total. The van der Waals surface area contributed by atoms with E-state index in [4.69, 9.17) is 5.73 Å². The van der Waals surface area contributed by atoms with Crippen LogP contribution in [0.25, 0.3) is 0 Å². The predicted octanol–water partition coefficient (Wildman–Crippen LogP) is 3.45. The lowest BCUT2D eigenvalue weighted by Crippen LogP contribution is -2.24. The van der Waals surface area contributed by atoms with E-state index in [1.165, 1.54) is 5.56 Å². The van der Waals surface area contributed by atoms with E-state index in [1.807, 2.05) is 25.1 Å². The molecule has 0 fully saturated rings. The van der Waals surface area contributed by atoms with Crippen molar-refractivity contribution in [3.8, 4) is 0 Å². The molecule has 1 aromatic heterocycles. The Bertz CT molecular complexity index is 522. The summed E-state index contributed by atoms with van der Waals surface area (Å²) in [4.78, 5) is 6.95. The number of nitrogens with two attached hydrogens (primary N) is 1. The number of benzene rings is 1. The largest absolute Gasteiger partial charge is 0.398 e. The highest BCUT2D eigenvalue weighted by Gasteiger charge is 2.09. The lowest BCUT2D eigenvalue weighted by Gasteiger charge is -2.21. The molecule has 0 unspecified atom stereocenters. The first kappa shape index (κ1) is 14.0. The molecule has 0 aliphatic heterocycles. The molecule has 1 heterocycles. The van der Waals surface area contributed by atoms with Gasteiger partial charge in [0.25, 0.3) is 0 Å². The van der Waals surface area contributed by atoms with E-state index >= 15 is 0 Å². The zero-order valence-electron chi connectivity index (χ0n) is 11.6. The van der Waals surface area contributed by atoms with E-state index < -0.39 is 0 Å². The standard InChI is InChI=1S/C15H21N3S/c1-3-8-18(10-14-11-19-12(2)17-14)9-13-6-4-5-7-15(13)16/h4-7,11H,3,8-10,16H2,1-2H3. The van der Waals surface area contributed by atoms with Crippen LogP contribution in [0.4, 0.5) is 5.69 Å². The Morgan fingerprint density at radius 3 is 2.68 bits per heavy atom. The van der Waals surface area contributed by atoms with E-state index in [-0.39, 0.29) is 0 Å². The summed E-state index contributed by atoms with van der Waals surface area (Å²) in [5, 5.41) is 3.28. The fourth-order valence-electron chi connectivity index (χ4n) is 2.16. The lowest BCUT2D eigenvalue weighted by molar-refractivity contribution is 0.255. The molecule has 0 radical (unpaired) electrons. The SMILES string of the molecule is CCCN(Cc1csc(C)n1)Cc1ccccc1N. The van der Waals surface area contributed by atoms with Crippen molar-refractivity contribution < 1.29 is 0 Å². The van der Waals surface area contributed by atoms with Gasteiger partial charge in [0.2, 0.25) is 0 Å². The molecule has 0 aliphatic carbocycles. The van der Waals surface area contributed by atoms with Gasteiger partial charge in [-0.05, 0) is 31.5 Å². The molecular weight excluding hydrogens is 254 g/mol. The van der Waals surface area contributed by atoms with Crippen molar-refractivity contribution in [3.63, 3.8) is 0 Å². The van der Waals surface area contributed by atoms with Crippen LogP contribution >= 0.6 is 11.3 Å². The number of thiazole rings is 1. The first-order valence-corrected chi connectivity index (χ1v) is 7.53. The first-order valence-electron chi connectivity index (χ1n) is 6.65. The van der Waals surface area contributed by atoms with Gasteiger partial charge in [-0.15, -0.1) is 11.3 Å². The van der Waals surface area contributed by atoms with Crippen molar-refractivity contribution in [2.24, 2.45) is 0 Å². The van der Waals surface area contributed by atoms with E-state index in [0.717, 1.165) is 42.4 Å². The third-order valence-corrected chi connectivity index (χ3v) is 3.86. The van der Waals surface area contributed by atoms with Gasteiger partial charge in [-0.2, -0.15) is 0 Å². The quantitative estimate of drug-likeness (QED) is 0.821. The number of rotatable bonds is 6. The number of para-hydroxylation sites is 1. The average molecular weight is 275 g/mol. The highest BCUT2D eigenvalue weighted by molar-refractivity contribution is 7.09. The Morgan fingerprint density at radius 2 is 2.05 bits per heavy atom. The molecule has 0 spiro atoms. The molecule has 2 N–H and O–H groups in total. The average Bonchev–Trinajstić information content (AvgIpc) is 2.78. The number of nitrogen functional groups attached to an aromatic ring is 1. The third kappa shape index (κ3) is 4.04. The maximum atomic E-state index is 6.02. The van der Waals surface area contributed by atoms with Crippen LogP contribution in [0.3, 0.4) is 0 Å². The molecule has 4 heteroatoms. The molecular formula is C15H21N3S. The van der Waals surface area contributed by atoms with Crippen LogP contribution in [0.1, 0.15) is 29.6 Å². The molecule has 0 bridgehead atoms. The minimum absolute atomic E-state index is 0.873. The summed E-state index contributed by atoms with van der Waals surface area (Å²) < 4.78 is 0. The highest BCUT2D eigenvalue weighted by atomic mass is 32.1. The Kier molecular flexibility index (Phi) is 4.93. The molecule has 0 saturated heterocycles. The predicted molar refractivity (Wildman–Crippen MR) is 82.1 cm³/mol. The monoisotopic (exact) mass is 275 g/mol. The van der Waals surface area contributed by atoms with Gasteiger partial charge in [0, 0.05) is 24.2 Å². The molecule has 0 amide bonds. The van der Waals surface area contributed by atoms with Crippen molar-refractivity contribution in [3.05, 3.63) is 45.9 Å². The summed E-state index contributed by atoms with van der Waals surface area (Å²) in [7, 11) is 0. The fourth-order valence-corrected chi connectivity index (χ4v) is 2.76. The van der Waals surface area contributed by atoms with Crippen molar-refractivity contribution in [2.75, 3.05) is 12.3 Å². The van der Waals surface area contributed by atoms with Crippen molar-refractivity contribution in [1.82, 2.24) is 9.88 Å². The van der Waals surface area contributed by atoms with Crippen LogP contribution in [0.2, 0.25) is 0 Å². The van der Waals surface area contributed by atoms with E-state index in [2.05, 4.69) is 28.3 Å². The molecule has 0 saturated carbocycles. The van der Waals surface area contributed by atoms with E-state index in [1.54, 1.807) is 11.3 Å². The molecule has 0 aliphatic rings. The topological polar surface area (TPSA) is 42.2 Å². The second-order valence-electron chi connectivity index (χ2n) is 4.77. The summed E-state index contributed by atoms with van der Waals surface area (Å²) in [6.45, 7) is 7.09. The maximum Gasteiger partial charge on any atom is 0.0897 e. The Morgan fingerprint density at radius 1 is 1.26 bits per heavy atom. The molecule has 0 atom stereocenters. The van der Waals surface area contributed by atoms with Gasteiger partial charge in [-0.25, -0.2) is 4.98 Å². The van der Waals surface area contributed by atoms with Crippen LogP contribution in [0, 0.1) is 6.92 Å². The summed E-state index contributed by atoms with van der Waals surface area (Å²) in [5.74, 6) is 0. The van der Waals surface area contributed by atoms with Crippen molar-refractivity contribution >= 4 is 17.0 Å². The number of hydrogen-bond acceptors (Lipinski definition) is 4. The van der Waals surface area contributed by atoms with Gasteiger partial charge in [-0.3, -0.25) is 4.90 Å². The molecule has 2 aromatic rings. The molecule has 1 aromatic carbocycles. The fraction of sp³-hybridized carbons (Fsp3) is 0.400. The van der Waals surface area contributed by atoms with Crippen LogP contribution in [0.15, 0.2) is 29.6 Å². The minimum Gasteiger partial charge on any atom is -0.398 e. The Hall–Kier alpha value is -1.39. The zero-order valence-corrected chi connectivity index (χ0v) is 12.4. The first-order chi connectivity index (χ1) is 9.19. The smallest absolute Gasteiger partial charge is 0.0897 e. The lowest BCUT2D eigenvalue weighted by atomic mass is 10.1. The molecule has 19 heavy (non-hydrogen) atoms. The summed E-state index contributed by atoms with van der Waals surface area (Å²) >= 11 is 1.71. The van der Waals surface area contributed by atoms with Gasteiger partial charge in [0.15, 0.2) is 0 Å². The van der Waals surface area contributed by atoms with Gasteiger partial charge < -0.3 is 5.73 Å². The normalized spacial score (nSPS) is 11.1. The van der Waals surface area contributed by atoms with Crippen LogP contribution in [-0.4, -0.2) is 16.4 Å². The van der Waals surface area contributed by atoms with Gasteiger partial charge in [0.1, 0.15) is 0 Å². The Labute approximate surface area is 119 Å². The van der Waals surface area contributed by atoms with Gasteiger partial charge >= 0.3 is 0 Å². The van der Waals surface area contributed by atoms with E-state index in [9.17, 15) is 0 Å². The van der Waals surface area contributed by atoms with Crippen LogP contribution < -0.4 is 5.73 Å². The number of nitrogens with zero attached hydrogens (tertiary/aromatic N) is 2. The number of hydrogen-bond donors (Lipinski definition) is 1. The minimum atomic E-state index is 0.873. The Balaban J connectivity index is 2.06. The maximum absolute atomic E-state index is 6.02. The van der Waals surface area contributed by atoms with Gasteiger partial charge in [-0.1, -0.05) is 25.1 Å². The number of aryl methyl sites for hydroxylation is 1. The van der Waals surface area contributed by atoms with Crippen molar-refractivity contribution in [2.45, 2.75) is 33.4 Å². The second kappa shape index (κ2) is 6.68. The van der Waals surface area contributed by atoms with Crippen molar-refractivity contribution in [1.29, 1.82) is 0 Å². The number of aromatic nitrogens is 1. The summed E-state index contributed by atoms with van der Waals surface area (Å²) in [6.07, 6.45) is 1.13.